The highest BCUT2D eigenvalue weighted by atomic mass is 79.9. The van der Waals surface area contributed by atoms with Gasteiger partial charge >= 0.3 is 0 Å². The van der Waals surface area contributed by atoms with Gasteiger partial charge in [0, 0.05) is 4.47 Å². The lowest BCUT2D eigenvalue weighted by atomic mass is 10.0. The van der Waals surface area contributed by atoms with Crippen molar-refractivity contribution in [2.75, 3.05) is 0 Å². The summed E-state index contributed by atoms with van der Waals surface area (Å²) in [5.41, 5.74) is 3.66. The molecule has 1 heterocycles. The topological polar surface area (TPSA) is 36.1 Å². The molecule has 1 fully saturated rings. The van der Waals surface area contributed by atoms with Gasteiger partial charge in [-0.05, 0) is 28.8 Å². The van der Waals surface area contributed by atoms with Crippen molar-refractivity contribution in [2.45, 2.75) is 18.5 Å². The molecule has 3 aromatic rings. The molecule has 0 aliphatic carbocycles. The zero-order valence-electron chi connectivity index (χ0n) is 13.7. The number of benzene rings is 3. The summed E-state index contributed by atoms with van der Waals surface area (Å²) in [6, 6.07) is 29.4. The van der Waals surface area contributed by atoms with Gasteiger partial charge in [-0.25, -0.2) is 0 Å². The van der Waals surface area contributed by atoms with Crippen LogP contribution in [0, 0.1) is 0 Å². The molecule has 3 nitrogen and oxygen atoms in total. The van der Waals surface area contributed by atoms with Crippen LogP contribution in [0.3, 0.4) is 0 Å². The van der Waals surface area contributed by atoms with Crippen molar-refractivity contribution < 1.29 is 0 Å². The second-order valence-corrected chi connectivity index (χ2v) is 7.09. The Morgan fingerprint density at radius 2 is 0.960 bits per heavy atom. The Hall–Kier alpha value is -1.98. The van der Waals surface area contributed by atoms with Crippen molar-refractivity contribution >= 4 is 15.9 Å². The maximum absolute atomic E-state index is 3.67. The third-order valence-electron chi connectivity index (χ3n) is 4.45. The molecule has 4 rings (SSSR count). The fraction of sp³-hybridized carbons (Fsp3) is 0.143. The molecule has 4 heteroatoms. The van der Waals surface area contributed by atoms with Gasteiger partial charge in [0.05, 0.1) is 18.5 Å². The van der Waals surface area contributed by atoms with Crippen molar-refractivity contribution in [3.63, 3.8) is 0 Å². The van der Waals surface area contributed by atoms with Crippen molar-refractivity contribution in [3.8, 4) is 0 Å². The Bertz CT molecular complexity index is 775. The summed E-state index contributed by atoms with van der Waals surface area (Å²) in [5.74, 6) is 0. The Balaban J connectivity index is 1.67. The first-order chi connectivity index (χ1) is 12.3. The van der Waals surface area contributed by atoms with Crippen LogP contribution in [0.1, 0.15) is 35.2 Å². The van der Waals surface area contributed by atoms with Crippen LogP contribution in [0.15, 0.2) is 89.4 Å². The molecule has 126 valence electrons. The smallest absolute Gasteiger partial charge is 0.0864 e. The number of halogens is 1. The van der Waals surface area contributed by atoms with E-state index in [-0.39, 0.29) is 18.5 Å². The van der Waals surface area contributed by atoms with Gasteiger partial charge in [0.25, 0.3) is 0 Å². The lowest BCUT2D eigenvalue weighted by Crippen LogP contribution is -2.54. The fourth-order valence-electron chi connectivity index (χ4n) is 3.20. The molecule has 2 atom stereocenters. The maximum atomic E-state index is 3.67. The van der Waals surface area contributed by atoms with Crippen LogP contribution in [-0.2, 0) is 0 Å². The average Bonchev–Trinajstić information content (AvgIpc) is 2.69. The van der Waals surface area contributed by atoms with Gasteiger partial charge < -0.3 is 0 Å². The SMILES string of the molecule is Brc1cccc(C2NC(c3ccccc3)NC(c3ccccc3)N2)c1. The molecule has 2 unspecified atom stereocenters. The van der Waals surface area contributed by atoms with E-state index in [4.69, 9.17) is 0 Å². The maximum Gasteiger partial charge on any atom is 0.0864 e. The van der Waals surface area contributed by atoms with E-state index in [1.165, 1.54) is 16.7 Å². The van der Waals surface area contributed by atoms with Crippen LogP contribution in [0.4, 0.5) is 0 Å². The minimum absolute atomic E-state index is 0.0502. The normalized spacial score (nSPS) is 23.3. The van der Waals surface area contributed by atoms with E-state index in [1.54, 1.807) is 0 Å². The van der Waals surface area contributed by atoms with Crippen molar-refractivity contribution in [3.05, 3.63) is 106 Å². The lowest BCUT2D eigenvalue weighted by Gasteiger charge is -2.39. The molecule has 0 bridgehead atoms. The zero-order chi connectivity index (χ0) is 17.1. The Labute approximate surface area is 156 Å². The molecular weight excluding hydrogens is 374 g/mol. The third kappa shape index (κ3) is 3.83. The zero-order valence-corrected chi connectivity index (χ0v) is 15.3. The third-order valence-corrected chi connectivity index (χ3v) is 4.94. The van der Waals surface area contributed by atoms with Crippen LogP contribution >= 0.6 is 15.9 Å². The van der Waals surface area contributed by atoms with Gasteiger partial charge in [-0.3, -0.25) is 16.0 Å². The first-order valence-corrected chi connectivity index (χ1v) is 9.22. The first kappa shape index (κ1) is 16.5. The average molecular weight is 394 g/mol. The highest BCUT2D eigenvalue weighted by molar-refractivity contribution is 9.10. The molecular formula is C21H20BrN3. The van der Waals surface area contributed by atoms with E-state index in [9.17, 15) is 0 Å². The Morgan fingerprint density at radius 3 is 1.44 bits per heavy atom. The monoisotopic (exact) mass is 393 g/mol. The van der Waals surface area contributed by atoms with Gasteiger partial charge in [0.15, 0.2) is 0 Å². The summed E-state index contributed by atoms with van der Waals surface area (Å²) >= 11 is 3.58. The van der Waals surface area contributed by atoms with E-state index >= 15 is 0 Å². The number of hydrogen-bond acceptors (Lipinski definition) is 3. The molecule has 25 heavy (non-hydrogen) atoms. The van der Waals surface area contributed by atoms with Crippen molar-refractivity contribution in [1.29, 1.82) is 0 Å². The predicted octanol–water partition coefficient (Wildman–Crippen LogP) is 4.63. The van der Waals surface area contributed by atoms with Gasteiger partial charge in [0.1, 0.15) is 0 Å². The molecule has 0 spiro atoms. The summed E-state index contributed by atoms with van der Waals surface area (Å²) in [6.07, 6.45) is 0.183. The number of hydrogen-bond donors (Lipinski definition) is 3. The largest absolute Gasteiger partial charge is 0.279 e. The highest BCUT2D eigenvalue weighted by Gasteiger charge is 2.29. The van der Waals surface area contributed by atoms with E-state index in [1.807, 2.05) is 18.2 Å². The molecule has 3 aromatic carbocycles. The minimum Gasteiger partial charge on any atom is -0.279 e. The summed E-state index contributed by atoms with van der Waals surface area (Å²) < 4.78 is 1.08. The standard InChI is InChI=1S/C21H20BrN3/c22-18-13-7-12-17(14-18)21-24-19(15-8-3-1-4-9-15)23-20(25-21)16-10-5-2-6-11-16/h1-14,19-21,23-25H. The summed E-state index contributed by atoms with van der Waals surface area (Å²) in [6.45, 7) is 0. The van der Waals surface area contributed by atoms with Crippen molar-refractivity contribution in [2.24, 2.45) is 0 Å². The minimum atomic E-state index is 0.0502. The quantitative estimate of drug-likeness (QED) is 0.607. The second kappa shape index (κ2) is 7.50. The molecule has 0 amide bonds. The second-order valence-electron chi connectivity index (χ2n) is 6.18. The summed E-state index contributed by atoms with van der Waals surface area (Å²) in [4.78, 5) is 0. The van der Waals surface area contributed by atoms with E-state index in [2.05, 4.69) is 98.6 Å². The van der Waals surface area contributed by atoms with Gasteiger partial charge in [-0.15, -0.1) is 0 Å². The van der Waals surface area contributed by atoms with E-state index in [0.717, 1.165) is 4.47 Å². The van der Waals surface area contributed by atoms with Gasteiger partial charge in [-0.1, -0.05) is 88.7 Å². The Morgan fingerprint density at radius 1 is 0.520 bits per heavy atom. The molecule has 0 aromatic heterocycles. The predicted molar refractivity (Wildman–Crippen MR) is 105 cm³/mol. The number of rotatable bonds is 3. The molecule has 1 saturated heterocycles. The highest BCUT2D eigenvalue weighted by Crippen LogP contribution is 2.27. The molecule has 1 aliphatic rings. The van der Waals surface area contributed by atoms with Crippen LogP contribution in [0.25, 0.3) is 0 Å². The molecule has 3 N–H and O–H groups in total. The van der Waals surface area contributed by atoms with Crippen molar-refractivity contribution in [1.82, 2.24) is 16.0 Å². The summed E-state index contributed by atoms with van der Waals surface area (Å²) in [7, 11) is 0. The fourth-order valence-corrected chi connectivity index (χ4v) is 3.62. The van der Waals surface area contributed by atoms with Gasteiger partial charge in [0.2, 0.25) is 0 Å². The first-order valence-electron chi connectivity index (χ1n) is 8.43. The molecule has 0 saturated carbocycles. The summed E-state index contributed by atoms with van der Waals surface area (Å²) in [5, 5.41) is 11.0. The van der Waals surface area contributed by atoms with Crippen LogP contribution in [0.2, 0.25) is 0 Å². The molecule has 1 aliphatic heterocycles. The number of nitrogens with one attached hydrogen (secondary N) is 3. The van der Waals surface area contributed by atoms with E-state index < -0.39 is 0 Å². The van der Waals surface area contributed by atoms with Crippen LogP contribution in [0.5, 0.6) is 0 Å². The van der Waals surface area contributed by atoms with Gasteiger partial charge in [-0.2, -0.15) is 0 Å². The van der Waals surface area contributed by atoms with Crippen LogP contribution < -0.4 is 16.0 Å². The van der Waals surface area contributed by atoms with Crippen LogP contribution in [-0.4, -0.2) is 0 Å². The Kier molecular flexibility index (Phi) is 4.95. The molecule has 0 radical (unpaired) electrons. The van der Waals surface area contributed by atoms with E-state index in [0.29, 0.717) is 0 Å². The lowest BCUT2D eigenvalue weighted by molar-refractivity contribution is 0.203.